The van der Waals surface area contributed by atoms with E-state index in [-0.39, 0.29) is 10.9 Å². The molecule has 0 bridgehead atoms. The van der Waals surface area contributed by atoms with Crippen molar-refractivity contribution < 1.29 is 17.9 Å². The number of sulfonamides is 1. The molecule has 0 saturated carbocycles. The normalized spacial score (nSPS) is 15.1. The summed E-state index contributed by atoms with van der Waals surface area (Å²) in [6.07, 6.45) is 1.50. The number of hydrogen-bond donors (Lipinski definition) is 0. The van der Waals surface area contributed by atoms with E-state index in [9.17, 15) is 8.42 Å². The Labute approximate surface area is 202 Å². The van der Waals surface area contributed by atoms with E-state index < -0.39 is 10.0 Å². The van der Waals surface area contributed by atoms with Gasteiger partial charge in [-0.1, -0.05) is 36.4 Å². The number of rotatable bonds is 9. The molecule has 6 nitrogen and oxygen atoms in total. The first-order valence-corrected chi connectivity index (χ1v) is 13.1. The Kier molecular flexibility index (Phi) is 7.75. The monoisotopic (exact) mass is 480 g/mol. The molecule has 3 aromatic rings. The van der Waals surface area contributed by atoms with E-state index >= 15 is 0 Å². The summed E-state index contributed by atoms with van der Waals surface area (Å²) < 4.78 is 40.3. The van der Waals surface area contributed by atoms with Crippen LogP contribution in [-0.4, -0.2) is 46.2 Å². The van der Waals surface area contributed by atoms with Gasteiger partial charge in [0, 0.05) is 31.7 Å². The van der Waals surface area contributed by atoms with E-state index in [0.717, 1.165) is 32.5 Å². The largest absolute Gasteiger partial charge is 0.497 e. The molecule has 0 aliphatic carbocycles. The molecule has 3 aromatic carbocycles. The number of methoxy groups -OCH3 is 1. The van der Waals surface area contributed by atoms with Crippen LogP contribution in [0.3, 0.4) is 0 Å². The molecule has 1 aliphatic rings. The molecular weight excluding hydrogens is 448 g/mol. The van der Waals surface area contributed by atoms with Crippen LogP contribution in [0.25, 0.3) is 0 Å². The summed E-state index contributed by atoms with van der Waals surface area (Å²) in [7, 11) is -2.22. The summed E-state index contributed by atoms with van der Waals surface area (Å²) in [5, 5.41) is 0. The fourth-order valence-electron chi connectivity index (χ4n) is 4.44. The lowest BCUT2D eigenvalue weighted by atomic mass is 10.0. The van der Waals surface area contributed by atoms with E-state index in [1.807, 2.05) is 37.3 Å². The Morgan fingerprint density at radius 1 is 0.912 bits per heavy atom. The molecule has 0 spiro atoms. The lowest BCUT2D eigenvalue weighted by molar-refractivity contribution is 0.206. The van der Waals surface area contributed by atoms with Crippen molar-refractivity contribution in [2.45, 2.75) is 37.2 Å². The molecule has 0 amide bonds. The Morgan fingerprint density at radius 2 is 1.62 bits per heavy atom. The summed E-state index contributed by atoms with van der Waals surface area (Å²) in [6.45, 7) is 4.98. The van der Waals surface area contributed by atoms with E-state index in [2.05, 4.69) is 29.2 Å². The number of anilines is 1. The highest BCUT2D eigenvalue weighted by atomic mass is 32.2. The first kappa shape index (κ1) is 24.1. The quantitative estimate of drug-likeness (QED) is 0.434. The van der Waals surface area contributed by atoms with Gasteiger partial charge < -0.3 is 9.47 Å². The zero-order valence-electron chi connectivity index (χ0n) is 19.8. The van der Waals surface area contributed by atoms with Crippen LogP contribution in [0.4, 0.5) is 5.69 Å². The third-order valence-electron chi connectivity index (χ3n) is 6.14. The summed E-state index contributed by atoms with van der Waals surface area (Å²) in [5.41, 5.74) is 1.90. The molecule has 1 aliphatic heterocycles. The van der Waals surface area contributed by atoms with Gasteiger partial charge in [0.25, 0.3) is 10.0 Å². The van der Waals surface area contributed by atoms with Crippen LogP contribution < -0.4 is 13.8 Å². The van der Waals surface area contributed by atoms with E-state index in [0.29, 0.717) is 23.8 Å². The molecule has 4 rings (SSSR count). The van der Waals surface area contributed by atoms with Gasteiger partial charge in [-0.2, -0.15) is 0 Å². The zero-order chi connectivity index (χ0) is 24.0. The standard InChI is InChI=1S/C27H32N2O4S/c1-3-33-26-11-7-10-24(20-26)29(34(30,31)27-14-12-25(32-2)13-15-27)23-16-18-28(19-17-23)21-22-8-5-4-6-9-22/h4-15,20,23H,3,16-19,21H2,1-2H3. The molecule has 7 heteroatoms. The lowest BCUT2D eigenvalue weighted by Gasteiger charge is -2.39. The summed E-state index contributed by atoms with van der Waals surface area (Å²) in [5.74, 6) is 1.29. The van der Waals surface area contributed by atoms with Crippen molar-refractivity contribution in [2.75, 3.05) is 31.1 Å². The fraction of sp³-hybridized carbons (Fsp3) is 0.333. The smallest absolute Gasteiger partial charge is 0.264 e. The Morgan fingerprint density at radius 3 is 2.26 bits per heavy atom. The van der Waals surface area contributed by atoms with Crippen LogP contribution in [0.5, 0.6) is 11.5 Å². The van der Waals surface area contributed by atoms with Crippen molar-refractivity contribution in [1.29, 1.82) is 0 Å². The Hall–Kier alpha value is -3.03. The van der Waals surface area contributed by atoms with E-state index in [1.165, 1.54) is 5.56 Å². The van der Waals surface area contributed by atoms with Crippen molar-refractivity contribution in [2.24, 2.45) is 0 Å². The zero-order valence-corrected chi connectivity index (χ0v) is 20.6. The maximum absolute atomic E-state index is 13.9. The highest BCUT2D eigenvalue weighted by molar-refractivity contribution is 7.92. The van der Waals surface area contributed by atoms with E-state index in [1.54, 1.807) is 35.7 Å². The maximum atomic E-state index is 13.9. The van der Waals surface area contributed by atoms with Gasteiger partial charge in [-0.05, 0) is 61.7 Å². The molecule has 0 atom stereocenters. The van der Waals surface area contributed by atoms with Crippen LogP contribution in [-0.2, 0) is 16.6 Å². The predicted molar refractivity (Wildman–Crippen MR) is 135 cm³/mol. The molecule has 0 radical (unpaired) electrons. The SMILES string of the molecule is CCOc1cccc(N(C2CCN(Cc3ccccc3)CC2)S(=O)(=O)c2ccc(OC)cc2)c1. The second-order valence-electron chi connectivity index (χ2n) is 8.40. The highest BCUT2D eigenvalue weighted by Gasteiger charge is 2.34. The Bertz CT molecular complexity index is 1160. The average Bonchev–Trinajstić information content (AvgIpc) is 2.86. The van der Waals surface area contributed by atoms with Gasteiger partial charge in [-0.15, -0.1) is 0 Å². The number of piperidine rings is 1. The molecule has 0 N–H and O–H groups in total. The van der Waals surface area contributed by atoms with Crippen LogP contribution in [0.1, 0.15) is 25.3 Å². The van der Waals surface area contributed by atoms with Gasteiger partial charge in [0.15, 0.2) is 0 Å². The summed E-state index contributed by atoms with van der Waals surface area (Å²) in [4.78, 5) is 2.64. The molecule has 0 unspecified atom stereocenters. The fourth-order valence-corrected chi connectivity index (χ4v) is 6.14. The minimum Gasteiger partial charge on any atom is -0.497 e. The molecular formula is C27H32N2O4S. The van der Waals surface area contributed by atoms with Crippen molar-refractivity contribution in [3.8, 4) is 11.5 Å². The third kappa shape index (κ3) is 5.54. The predicted octanol–water partition coefficient (Wildman–Crippen LogP) is 4.95. The van der Waals surface area contributed by atoms with Crippen molar-refractivity contribution >= 4 is 15.7 Å². The van der Waals surface area contributed by atoms with Gasteiger partial charge in [-0.3, -0.25) is 9.21 Å². The number of benzene rings is 3. The number of ether oxygens (including phenoxy) is 2. The van der Waals surface area contributed by atoms with Crippen LogP contribution in [0.15, 0.2) is 83.8 Å². The number of likely N-dealkylation sites (tertiary alicyclic amines) is 1. The molecule has 0 aromatic heterocycles. The van der Waals surface area contributed by atoms with Gasteiger partial charge in [0.2, 0.25) is 0 Å². The highest BCUT2D eigenvalue weighted by Crippen LogP contribution is 2.33. The van der Waals surface area contributed by atoms with Crippen molar-refractivity contribution in [3.05, 3.63) is 84.4 Å². The van der Waals surface area contributed by atoms with E-state index in [4.69, 9.17) is 9.47 Å². The Balaban J connectivity index is 1.61. The number of nitrogens with zero attached hydrogens (tertiary/aromatic N) is 2. The first-order chi connectivity index (χ1) is 16.5. The maximum Gasteiger partial charge on any atom is 0.264 e. The minimum absolute atomic E-state index is 0.143. The molecule has 34 heavy (non-hydrogen) atoms. The lowest BCUT2D eigenvalue weighted by Crippen LogP contribution is -2.47. The van der Waals surface area contributed by atoms with Gasteiger partial charge in [0.05, 0.1) is 24.3 Å². The molecule has 1 fully saturated rings. The van der Waals surface area contributed by atoms with Crippen LogP contribution in [0, 0.1) is 0 Å². The van der Waals surface area contributed by atoms with Crippen molar-refractivity contribution in [3.63, 3.8) is 0 Å². The van der Waals surface area contributed by atoms with Gasteiger partial charge in [0.1, 0.15) is 11.5 Å². The molecule has 1 saturated heterocycles. The van der Waals surface area contributed by atoms with Gasteiger partial charge in [-0.25, -0.2) is 8.42 Å². The van der Waals surface area contributed by atoms with Crippen LogP contribution >= 0.6 is 0 Å². The topological polar surface area (TPSA) is 59.1 Å². The second-order valence-corrected chi connectivity index (χ2v) is 10.2. The number of hydrogen-bond acceptors (Lipinski definition) is 5. The summed E-state index contributed by atoms with van der Waals surface area (Å²) >= 11 is 0. The minimum atomic E-state index is -3.78. The van der Waals surface area contributed by atoms with Crippen molar-refractivity contribution in [1.82, 2.24) is 4.90 Å². The molecule has 180 valence electrons. The van der Waals surface area contributed by atoms with Crippen LogP contribution in [0.2, 0.25) is 0 Å². The third-order valence-corrected chi connectivity index (χ3v) is 8.03. The summed E-state index contributed by atoms with van der Waals surface area (Å²) in [6, 6.07) is 24.2. The van der Waals surface area contributed by atoms with Gasteiger partial charge >= 0.3 is 0 Å². The molecule has 1 heterocycles. The average molecular weight is 481 g/mol. The second kappa shape index (κ2) is 10.9. The first-order valence-electron chi connectivity index (χ1n) is 11.7.